The van der Waals surface area contributed by atoms with Gasteiger partial charge in [-0.05, 0) is 0 Å². The van der Waals surface area contributed by atoms with Crippen LogP contribution in [0.3, 0.4) is 0 Å². The van der Waals surface area contributed by atoms with Crippen LogP contribution in [0.1, 0.15) is 49.8 Å². The van der Waals surface area contributed by atoms with Gasteiger partial charge < -0.3 is 0 Å². The summed E-state index contributed by atoms with van der Waals surface area (Å²) in [5, 5.41) is 0. The average molecular weight is 497 g/mol. The molecule has 0 nitrogen and oxygen atoms in total. The normalized spacial score (nSPS) is 20.2. The maximum atomic E-state index is 2.75. The fourth-order valence-corrected chi connectivity index (χ4v) is 30.2. The monoisotopic (exact) mass is 494 g/mol. The number of benzene rings is 2. The van der Waals surface area contributed by atoms with Gasteiger partial charge in [-0.1, -0.05) is 0 Å². The summed E-state index contributed by atoms with van der Waals surface area (Å²) in [6.45, 7) is 7.24. The molecule has 0 aromatic heterocycles. The standard InChI is InChI=1S/C10H9.C9H7.C3H7.CH3.2ClH.H2Si.Zr/c1-8-6-9-4-2-3-5-10(9)7-8;1-2-5-9-7-3-6-8(9)4-1;1-3-2;;;;;/h2-7H,1H3;1-7H;1,3H2,2H3;1H3;2*1H;1H2;. The molecule has 2 aromatic rings. The summed E-state index contributed by atoms with van der Waals surface area (Å²) in [6.07, 6.45) is 8.71. The molecule has 0 fully saturated rings. The minimum Gasteiger partial charge on any atom is -0.147 e. The summed E-state index contributed by atoms with van der Waals surface area (Å²) in [5.41, 5.74) is 7.72. The average Bonchev–Trinajstić information content (AvgIpc) is 3.16. The minimum absolute atomic E-state index is 0. The topological polar surface area (TPSA) is 0 Å². The fraction of sp³-hybridized carbons (Fsp3) is 0.304. The van der Waals surface area contributed by atoms with Gasteiger partial charge in [-0.25, -0.2) is 0 Å². The Morgan fingerprint density at radius 1 is 0.926 bits per heavy atom. The molecule has 2 aliphatic rings. The number of fused-ring (bicyclic) bond motifs is 2. The molecular weight excluding hydrogens is 466 g/mol. The Kier molecular flexibility index (Phi) is 6.91. The van der Waals surface area contributed by atoms with Gasteiger partial charge >= 0.3 is 155 Å². The van der Waals surface area contributed by atoms with E-state index in [1.54, 1.807) is 16.7 Å². The van der Waals surface area contributed by atoms with E-state index in [1.807, 2.05) is 0 Å². The van der Waals surface area contributed by atoms with Gasteiger partial charge in [0.1, 0.15) is 0 Å². The first kappa shape index (κ1) is 22.9. The second kappa shape index (κ2) is 8.15. The Bertz CT molecular complexity index is 976. The van der Waals surface area contributed by atoms with Crippen molar-refractivity contribution >= 4 is 43.8 Å². The van der Waals surface area contributed by atoms with Crippen LogP contribution >= 0.6 is 24.8 Å². The maximum Gasteiger partial charge on any atom is -0.147 e. The molecule has 0 N–H and O–H groups in total. The van der Waals surface area contributed by atoms with Crippen molar-refractivity contribution in [2.24, 2.45) is 0 Å². The van der Waals surface area contributed by atoms with E-state index in [0.717, 1.165) is 0 Å². The van der Waals surface area contributed by atoms with Crippen LogP contribution in [0.4, 0.5) is 0 Å². The van der Waals surface area contributed by atoms with Crippen LogP contribution in [0, 0.1) is 0 Å². The van der Waals surface area contributed by atoms with E-state index in [1.165, 1.54) is 21.7 Å². The second-order valence-corrected chi connectivity index (χ2v) is 37.2. The van der Waals surface area contributed by atoms with Gasteiger partial charge in [-0.3, -0.25) is 0 Å². The van der Waals surface area contributed by atoms with Gasteiger partial charge in [0.2, 0.25) is 0 Å². The molecule has 2 unspecified atom stereocenters. The predicted molar refractivity (Wildman–Crippen MR) is 125 cm³/mol. The molecule has 2 aromatic carbocycles. The molecule has 4 heteroatoms. The van der Waals surface area contributed by atoms with Crippen molar-refractivity contribution in [2.75, 3.05) is 0 Å². The summed E-state index contributed by atoms with van der Waals surface area (Å²) in [7, 11) is 0. The van der Waals surface area contributed by atoms with Crippen molar-refractivity contribution in [1.82, 2.24) is 0 Å². The van der Waals surface area contributed by atoms with Crippen molar-refractivity contribution in [3.8, 4) is 0 Å². The van der Waals surface area contributed by atoms with E-state index >= 15 is 0 Å². The molecule has 27 heavy (non-hydrogen) atoms. The van der Waals surface area contributed by atoms with Crippen LogP contribution in [0.2, 0.25) is 8.76 Å². The summed E-state index contributed by atoms with van der Waals surface area (Å²) >= 11 is -3.19. The second-order valence-electron chi connectivity index (χ2n) is 8.68. The third-order valence-corrected chi connectivity index (χ3v) is 30.5. The van der Waals surface area contributed by atoms with E-state index in [9.17, 15) is 0 Å². The molecular formula is C23H30Cl2SiZr. The van der Waals surface area contributed by atoms with Crippen molar-refractivity contribution in [1.29, 1.82) is 0 Å². The zero-order valence-corrected chi connectivity index (χ0v) is 21.9. The van der Waals surface area contributed by atoms with Gasteiger partial charge in [0.05, 0.1) is 0 Å². The number of allylic oxidation sites excluding steroid dienone is 2. The van der Waals surface area contributed by atoms with Gasteiger partial charge in [-0.15, -0.1) is 24.8 Å². The predicted octanol–water partition coefficient (Wildman–Crippen LogP) is 6.87. The van der Waals surface area contributed by atoms with Gasteiger partial charge in [0.25, 0.3) is 0 Å². The van der Waals surface area contributed by atoms with Crippen molar-refractivity contribution in [3.63, 3.8) is 0 Å². The number of hydrogen-bond donors (Lipinski definition) is 0. The van der Waals surface area contributed by atoms with Crippen LogP contribution < -0.4 is 0 Å². The van der Waals surface area contributed by atoms with E-state index < -0.39 is 17.4 Å². The van der Waals surface area contributed by atoms with Crippen molar-refractivity contribution < 1.29 is 17.4 Å². The van der Waals surface area contributed by atoms with E-state index in [-0.39, 0.29) is 24.8 Å². The molecule has 4 rings (SSSR count). The van der Waals surface area contributed by atoms with E-state index in [0.29, 0.717) is 7.25 Å². The van der Waals surface area contributed by atoms with Crippen LogP contribution in [-0.2, 0) is 17.4 Å². The van der Waals surface area contributed by atoms with Gasteiger partial charge in [0, 0.05) is 0 Å². The van der Waals surface area contributed by atoms with Crippen LogP contribution in [0.15, 0.2) is 60.2 Å². The molecule has 0 radical (unpaired) electrons. The Morgan fingerprint density at radius 3 is 2.19 bits per heavy atom. The smallest absolute Gasteiger partial charge is 0.147 e. The van der Waals surface area contributed by atoms with Crippen LogP contribution in [-0.4, -0.2) is 6.88 Å². The third-order valence-electron chi connectivity index (χ3n) is 6.70. The summed E-state index contributed by atoms with van der Waals surface area (Å²) in [5.74, 6) is 0. The Labute approximate surface area is 178 Å². The Hall–Kier alpha value is -0.400. The third kappa shape index (κ3) is 3.52. The SMILES string of the molecule is CC[CH2][Zr]([CH3])(=[SiH2])([CH]1C=Cc2ccccc21)[CH]1C(C)=Cc2ccccc21.Cl.Cl. The molecule has 2 atom stereocenters. The summed E-state index contributed by atoms with van der Waals surface area (Å²) in [4.78, 5) is 0. The summed E-state index contributed by atoms with van der Waals surface area (Å²) < 4.78 is 5.52. The zero-order chi connectivity index (χ0) is 17.7. The van der Waals surface area contributed by atoms with E-state index in [2.05, 4.69) is 92.1 Å². The molecule has 0 spiro atoms. The molecule has 144 valence electrons. The minimum atomic E-state index is -3.19. The first-order valence-electron chi connectivity index (χ1n) is 9.54. The first-order valence-corrected chi connectivity index (χ1v) is 22.5. The number of hydrogen-bond acceptors (Lipinski definition) is 0. The maximum absolute atomic E-state index is 3.19. The largest absolute Gasteiger partial charge is 0.147 e. The van der Waals surface area contributed by atoms with E-state index in [4.69, 9.17) is 0 Å². The number of halogens is 2. The zero-order valence-electron chi connectivity index (χ0n) is 16.4. The quantitative estimate of drug-likeness (QED) is 0.405. The molecule has 0 bridgehead atoms. The Balaban J connectivity index is 0.00000131. The van der Waals surface area contributed by atoms with Crippen molar-refractivity contribution in [2.45, 2.75) is 36.3 Å². The molecule has 0 aliphatic heterocycles. The van der Waals surface area contributed by atoms with Gasteiger partial charge in [-0.2, -0.15) is 0 Å². The molecule has 0 saturated carbocycles. The first-order chi connectivity index (χ1) is 11.9. The summed E-state index contributed by atoms with van der Waals surface area (Å²) in [6, 6.07) is 18.2. The molecule has 0 saturated heterocycles. The molecule has 0 heterocycles. The van der Waals surface area contributed by atoms with Crippen molar-refractivity contribution in [3.05, 3.63) is 82.4 Å². The van der Waals surface area contributed by atoms with Crippen LogP contribution in [0.25, 0.3) is 12.2 Å². The molecule has 2 aliphatic carbocycles. The number of rotatable bonds is 4. The fourth-order valence-electron chi connectivity index (χ4n) is 5.82. The Morgan fingerprint density at radius 2 is 1.52 bits per heavy atom. The van der Waals surface area contributed by atoms with Crippen LogP contribution in [0.5, 0.6) is 0 Å². The molecule has 0 amide bonds. The van der Waals surface area contributed by atoms with Gasteiger partial charge in [0.15, 0.2) is 0 Å².